The molecule has 12 heteroatoms. The highest BCUT2D eigenvalue weighted by Gasteiger charge is 2.70. The first-order valence-corrected chi connectivity index (χ1v) is 29.8. The van der Waals surface area contributed by atoms with Crippen LogP contribution in [-0.4, -0.2) is 93.0 Å². The summed E-state index contributed by atoms with van der Waals surface area (Å²) in [6.07, 6.45) is 16.8. The number of rotatable bonds is 9. The number of piperidine rings is 4. The highest BCUT2D eigenvalue weighted by Crippen LogP contribution is 2.71. The van der Waals surface area contributed by atoms with Crippen LogP contribution in [0.1, 0.15) is 143 Å². The van der Waals surface area contributed by atoms with Crippen molar-refractivity contribution in [2.24, 2.45) is 148 Å². The van der Waals surface area contributed by atoms with E-state index < -0.39 is 0 Å². The molecule has 71 heavy (non-hydrogen) atoms. The van der Waals surface area contributed by atoms with E-state index in [2.05, 4.69) is 20.8 Å². The lowest BCUT2D eigenvalue weighted by molar-refractivity contribution is -0.210. The zero-order valence-electron chi connectivity index (χ0n) is 42.8. The van der Waals surface area contributed by atoms with E-state index in [1.165, 1.54) is 0 Å². The average molecular weight is 973 g/mol. The maximum absolute atomic E-state index is 14.7. The van der Waals surface area contributed by atoms with Gasteiger partial charge >= 0.3 is 0 Å². The monoisotopic (exact) mass is 973 g/mol. The molecule has 384 valence electrons. The van der Waals surface area contributed by atoms with Gasteiger partial charge < -0.3 is 0 Å². The topological polar surface area (TPSA) is 150 Å². The second kappa shape index (κ2) is 16.8. The lowest BCUT2D eigenvalue weighted by Gasteiger charge is -2.67. The number of imide groups is 4. The molecule has 4 aliphatic heterocycles. The number of carbonyl (C=O) groups is 8. The zero-order chi connectivity index (χ0) is 48.6. The van der Waals surface area contributed by atoms with E-state index in [9.17, 15) is 38.4 Å². The van der Waals surface area contributed by atoms with E-state index >= 15 is 0 Å². The van der Waals surface area contributed by atoms with Gasteiger partial charge in [-0.25, -0.2) is 0 Å². The van der Waals surface area contributed by atoms with Crippen LogP contribution < -0.4 is 0 Å². The van der Waals surface area contributed by atoms with Crippen molar-refractivity contribution in [2.75, 3.05) is 26.2 Å². The predicted octanol–water partition coefficient (Wildman–Crippen LogP) is 7.47. The minimum absolute atomic E-state index is 0.0259. The Bertz CT molecular complexity index is 2200. The van der Waals surface area contributed by atoms with Gasteiger partial charge in [0.05, 0.1) is 0 Å². The zero-order valence-corrected chi connectivity index (χ0v) is 42.8. The molecular weight excluding hydrogens is 893 g/mol. The normalized spacial score (nSPS) is 49.9. The quantitative estimate of drug-likeness (QED) is 0.216. The van der Waals surface area contributed by atoms with Crippen molar-refractivity contribution >= 4 is 47.3 Å². The third-order valence-corrected chi connectivity index (χ3v) is 24.8. The molecule has 0 bridgehead atoms. The molecule has 0 radical (unpaired) electrons. The maximum Gasteiger partial charge on any atom is 0.232 e. The molecule has 10 saturated carbocycles. The van der Waals surface area contributed by atoms with Gasteiger partial charge in [-0.05, 0) is 216 Å². The molecule has 0 N–H and O–H groups in total. The van der Waals surface area contributed by atoms with E-state index in [4.69, 9.17) is 0 Å². The number of unbranched alkanes of at least 4 members (excludes halogenated alkanes) is 1. The molecule has 16 atom stereocenters. The van der Waals surface area contributed by atoms with Gasteiger partial charge in [-0.15, -0.1) is 0 Å². The van der Waals surface area contributed by atoms with Gasteiger partial charge in [0.25, 0.3) is 0 Å². The minimum Gasteiger partial charge on any atom is -0.282 e. The Morgan fingerprint density at radius 2 is 0.521 bits per heavy atom. The van der Waals surface area contributed by atoms with Gasteiger partial charge in [-0.2, -0.15) is 0 Å². The van der Waals surface area contributed by atoms with Crippen molar-refractivity contribution in [1.82, 2.24) is 19.6 Å². The van der Waals surface area contributed by atoms with E-state index in [0.717, 1.165) is 116 Å². The van der Waals surface area contributed by atoms with Gasteiger partial charge in [0, 0.05) is 73.5 Å². The molecule has 8 amide bonds. The summed E-state index contributed by atoms with van der Waals surface area (Å²) in [5.41, 5.74) is 0. The smallest absolute Gasteiger partial charge is 0.232 e. The molecule has 14 aliphatic rings. The summed E-state index contributed by atoms with van der Waals surface area (Å²) < 4.78 is 0. The van der Waals surface area contributed by atoms with Crippen LogP contribution in [0, 0.1) is 148 Å². The number of amides is 8. The molecule has 14 rings (SSSR count). The predicted molar refractivity (Wildman–Crippen MR) is 259 cm³/mol. The molecule has 16 unspecified atom stereocenters. The van der Waals surface area contributed by atoms with E-state index in [1.807, 2.05) is 0 Å². The van der Waals surface area contributed by atoms with Gasteiger partial charge in [0.2, 0.25) is 47.3 Å². The molecule has 4 heterocycles. The van der Waals surface area contributed by atoms with Crippen molar-refractivity contribution in [3.05, 3.63) is 0 Å². The standard InChI is InChI=1S/C59H80N4O8/c1-4-5-23-60-52(64)36-15-7-28-30-9-17-38-49-39(18-10-31(45(30)49)29-8-16-37(53(60)65)48(36)44(28)29)55(67)61(54(38)66)24-6-25-62-56(68)40-19-11-32-34-13-21-42-51-43(59(71)63(58(42)70)26-27(2)3)22-14-35(47(34)51)33-12-20-41(57(62)69)50(40)46(32)33/h27-51H,4-26H2,1-3H3. The summed E-state index contributed by atoms with van der Waals surface area (Å²) in [6, 6.07) is 0. The maximum atomic E-state index is 14.7. The molecule has 0 aromatic heterocycles. The van der Waals surface area contributed by atoms with E-state index in [1.54, 1.807) is 19.6 Å². The number of fused-ring (bicyclic) bond motifs is 4. The molecule has 14 fully saturated rings. The second-order valence-corrected chi connectivity index (χ2v) is 27.3. The molecule has 12 nitrogen and oxygen atoms in total. The number of nitrogens with zero attached hydrogens (tertiary/aromatic N) is 4. The van der Waals surface area contributed by atoms with Crippen LogP contribution in [0.2, 0.25) is 0 Å². The second-order valence-electron chi connectivity index (χ2n) is 27.3. The largest absolute Gasteiger partial charge is 0.282 e. The van der Waals surface area contributed by atoms with Crippen molar-refractivity contribution in [3.63, 3.8) is 0 Å². The Morgan fingerprint density at radius 3 is 0.732 bits per heavy atom. The third kappa shape index (κ3) is 6.26. The Morgan fingerprint density at radius 1 is 0.310 bits per heavy atom. The summed E-state index contributed by atoms with van der Waals surface area (Å²) in [5, 5.41) is 0. The van der Waals surface area contributed by atoms with Gasteiger partial charge in [-0.3, -0.25) is 58.0 Å². The summed E-state index contributed by atoms with van der Waals surface area (Å²) in [4.78, 5) is 121. The van der Waals surface area contributed by atoms with Crippen LogP contribution in [0.15, 0.2) is 0 Å². The fourth-order valence-corrected chi connectivity index (χ4v) is 23.1. The van der Waals surface area contributed by atoms with Gasteiger partial charge in [0.1, 0.15) is 0 Å². The van der Waals surface area contributed by atoms with Crippen LogP contribution in [-0.2, 0) is 38.4 Å². The summed E-state index contributed by atoms with van der Waals surface area (Å²) in [6.45, 7) is 7.86. The lowest BCUT2D eigenvalue weighted by atomic mass is 9.38. The van der Waals surface area contributed by atoms with Gasteiger partial charge in [0.15, 0.2) is 0 Å². The number of likely N-dealkylation sites (tertiary alicyclic amines) is 4. The van der Waals surface area contributed by atoms with Crippen LogP contribution in [0.25, 0.3) is 0 Å². The fraction of sp³-hybridized carbons (Fsp3) is 0.864. The molecule has 0 spiro atoms. The van der Waals surface area contributed by atoms with Crippen molar-refractivity contribution in [2.45, 2.75) is 143 Å². The Balaban J connectivity index is 0.648. The molecule has 4 saturated heterocycles. The van der Waals surface area contributed by atoms with Crippen LogP contribution in [0.5, 0.6) is 0 Å². The third-order valence-electron chi connectivity index (χ3n) is 24.8. The summed E-state index contributed by atoms with van der Waals surface area (Å²) in [5.74, 6) is 5.16. The number of hydrogen-bond acceptors (Lipinski definition) is 8. The van der Waals surface area contributed by atoms with Crippen molar-refractivity contribution in [3.8, 4) is 0 Å². The summed E-state index contributed by atoms with van der Waals surface area (Å²) >= 11 is 0. The molecule has 0 aromatic rings. The van der Waals surface area contributed by atoms with Crippen LogP contribution >= 0.6 is 0 Å². The number of hydrogen-bond donors (Lipinski definition) is 0. The Labute approximate surface area is 420 Å². The Kier molecular flexibility index (Phi) is 10.9. The molecular formula is C59H80N4O8. The first kappa shape index (κ1) is 46.1. The first-order chi connectivity index (χ1) is 34.4. The lowest BCUT2D eigenvalue weighted by Crippen LogP contribution is -2.68. The van der Waals surface area contributed by atoms with Crippen LogP contribution in [0.3, 0.4) is 0 Å². The molecule has 0 aromatic carbocycles. The van der Waals surface area contributed by atoms with Gasteiger partial charge in [-0.1, -0.05) is 27.2 Å². The first-order valence-electron chi connectivity index (χ1n) is 29.8. The summed E-state index contributed by atoms with van der Waals surface area (Å²) in [7, 11) is 0. The fourth-order valence-electron chi connectivity index (χ4n) is 23.1. The highest BCUT2D eigenvalue weighted by atomic mass is 16.2. The number of carbonyl (C=O) groups excluding carboxylic acids is 8. The van der Waals surface area contributed by atoms with Crippen molar-refractivity contribution < 1.29 is 38.4 Å². The van der Waals surface area contributed by atoms with E-state index in [0.29, 0.717) is 90.5 Å². The SMILES string of the molecule is CCCCN1C(=O)C2CCC3C4CCC5C(=O)N(CCCN6C(=O)C7CCC8C9CCC%10C(=O)N(CC(C)C)C(=O)C%11CCC(C%12CCC(C6=O)C7C8%12)C9C%10%11)C(=O)C6CCC(C7CCC(C1=O)C2C37)C4C56. The van der Waals surface area contributed by atoms with Crippen molar-refractivity contribution in [1.29, 1.82) is 0 Å². The average Bonchev–Trinajstić information content (AvgIpc) is 3.37. The minimum atomic E-state index is -0.169. The Hall–Kier alpha value is -3.44. The molecule has 10 aliphatic carbocycles. The highest BCUT2D eigenvalue weighted by molar-refractivity contribution is 6.03. The van der Waals surface area contributed by atoms with Crippen LogP contribution in [0.4, 0.5) is 0 Å². The van der Waals surface area contributed by atoms with E-state index in [-0.39, 0.29) is 137 Å².